The molecule has 0 N–H and O–H groups in total. The van der Waals surface area contributed by atoms with Crippen LogP contribution in [0.5, 0.6) is 0 Å². The number of hydrogen-bond acceptors (Lipinski definition) is 3. The van der Waals surface area contributed by atoms with Crippen molar-refractivity contribution in [2.24, 2.45) is 5.41 Å². The smallest absolute Gasteiger partial charge is 0.223 e. The number of carbonyl (C=O) groups excluding carboxylic acids is 1. The lowest BCUT2D eigenvalue weighted by atomic mass is 9.78. The highest BCUT2D eigenvalue weighted by Crippen LogP contribution is 2.42. The summed E-state index contributed by atoms with van der Waals surface area (Å²) in [5, 5.41) is 0. The third kappa shape index (κ3) is 4.06. The maximum atomic E-state index is 13.4. The molecule has 8 heteroatoms. The standard InChI is InChI=1S/C18H24F2N2O3S/c1-2-7-26(24,25)22-5-3-18(4-6-22)11-17(23)21(13-18)12-14-8-15(19)10-16(20)9-14/h8-10H,2-7,11-13H2,1H3. The summed E-state index contributed by atoms with van der Waals surface area (Å²) in [4.78, 5) is 14.0. The molecule has 1 aromatic rings. The molecule has 5 nitrogen and oxygen atoms in total. The van der Waals surface area contributed by atoms with Gasteiger partial charge in [0.1, 0.15) is 11.6 Å². The first-order valence-electron chi connectivity index (χ1n) is 8.94. The quantitative estimate of drug-likeness (QED) is 0.781. The Bertz CT molecular complexity index is 769. The average molecular weight is 386 g/mol. The molecule has 0 aromatic heterocycles. The number of carbonyl (C=O) groups is 1. The van der Waals surface area contributed by atoms with Gasteiger partial charge in [-0.3, -0.25) is 4.79 Å². The lowest BCUT2D eigenvalue weighted by molar-refractivity contribution is -0.128. The molecule has 2 aliphatic heterocycles. The van der Waals surface area contributed by atoms with Crippen molar-refractivity contribution in [1.29, 1.82) is 0 Å². The maximum Gasteiger partial charge on any atom is 0.223 e. The number of likely N-dealkylation sites (tertiary alicyclic amines) is 1. The van der Waals surface area contributed by atoms with E-state index >= 15 is 0 Å². The van der Waals surface area contributed by atoms with E-state index in [0.717, 1.165) is 6.07 Å². The molecule has 0 bridgehead atoms. The summed E-state index contributed by atoms with van der Waals surface area (Å²) in [7, 11) is -3.21. The predicted molar refractivity (Wildman–Crippen MR) is 93.7 cm³/mol. The molecule has 2 saturated heterocycles. The highest BCUT2D eigenvalue weighted by atomic mass is 32.2. The summed E-state index contributed by atoms with van der Waals surface area (Å²) in [5.41, 5.74) is 0.192. The fraction of sp³-hybridized carbons (Fsp3) is 0.611. The second kappa shape index (κ2) is 7.23. The molecule has 144 valence electrons. The van der Waals surface area contributed by atoms with E-state index in [1.54, 1.807) is 4.90 Å². The van der Waals surface area contributed by atoms with Gasteiger partial charge in [0.15, 0.2) is 0 Å². The third-order valence-electron chi connectivity index (χ3n) is 5.34. The topological polar surface area (TPSA) is 57.7 Å². The Kier molecular flexibility index (Phi) is 5.35. The monoisotopic (exact) mass is 386 g/mol. The van der Waals surface area contributed by atoms with Gasteiger partial charge >= 0.3 is 0 Å². The van der Waals surface area contributed by atoms with Crippen molar-refractivity contribution in [3.63, 3.8) is 0 Å². The van der Waals surface area contributed by atoms with E-state index in [0.29, 0.717) is 50.9 Å². The van der Waals surface area contributed by atoms with Crippen LogP contribution in [0.15, 0.2) is 18.2 Å². The van der Waals surface area contributed by atoms with Crippen LogP contribution in [-0.4, -0.2) is 48.9 Å². The van der Waals surface area contributed by atoms with Gasteiger partial charge in [-0.2, -0.15) is 0 Å². The van der Waals surface area contributed by atoms with Crippen LogP contribution in [0.2, 0.25) is 0 Å². The van der Waals surface area contributed by atoms with Gasteiger partial charge in [0, 0.05) is 38.7 Å². The maximum absolute atomic E-state index is 13.4. The molecule has 2 heterocycles. The summed E-state index contributed by atoms with van der Waals surface area (Å²) in [6.07, 6.45) is 2.22. The van der Waals surface area contributed by atoms with Crippen molar-refractivity contribution in [2.75, 3.05) is 25.4 Å². The van der Waals surface area contributed by atoms with E-state index in [-0.39, 0.29) is 23.6 Å². The third-order valence-corrected chi connectivity index (χ3v) is 7.42. The molecule has 0 saturated carbocycles. The van der Waals surface area contributed by atoms with Gasteiger partial charge in [-0.15, -0.1) is 0 Å². The minimum Gasteiger partial charge on any atom is -0.338 e. The minimum absolute atomic E-state index is 0.0421. The van der Waals surface area contributed by atoms with Crippen LogP contribution in [0.4, 0.5) is 8.78 Å². The van der Waals surface area contributed by atoms with Gasteiger partial charge in [0.2, 0.25) is 15.9 Å². The number of nitrogens with zero attached hydrogens (tertiary/aromatic N) is 2. The molecule has 3 rings (SSSR count). The first-order chi connectivity index (χ1) is 12.2. The normalized spacial score (nSPS) is 20.9. The van der Waals surface area contributed by atoms with Crippen LogP contribution < -0.4 is 0 Å². The highest BCUT2D eigenvalue weighted by Gasteiger charge is 2.46. The first kappa shape index (κ1) is 19.2. The Morgan fingerprint density at radius 1 is 1.12 bits per heavy atom. The van der Waals surface area contributed by atoms with Gasteiger partial charge in [-0.05, 0) is 42.4 Å². The Hall–Kier alpha value is -1.54. The molecule has 1 spiro atoms. The summed E-state index contributed by atoms with van der Waals surface area (Å²) in [5.74, 6) is -1.21. The molecule has 0 aliphatic carbocycles. The fourth-order valence-electron chi connectivity index (χ4n) is 4.01. The van der Waals surface area contributed by atoms with Crippen LogP contribution in [-0.2, 0) is 21.4 Å². The second-order valence-corrected chi connectivity index (χ2v) is 9.51. The van der Waals surface area contributed by atoms with E-state index in [1.807, 2.05) is 6.92 Å². The van der Waals surface area contributed by atoms with Gasteiger partial charge in [0.25, 0.3) is 0 Å². The molecule has 0 unspecified atom stereocenters. The SMILES string of the molecule is CCCS(=O)(=O)N1CCC2(CC1)CC(=O)N(Cc1cc(F)cc(F)c1)C2. The van der Waals surface area contributed by atoms with Crippen molar-refractivity contribution in [3.8, 4) is 0 Å². The molecule has 0 radical (unpaired) electrons. The summed E-state index contributed by atoms with van der Waals surface area (Å²) < 4.78 is 52.6. The Balaban J connectivity index is 1.65. The van der Waals surface area contributed by atoms with Crippen molar-refractivity contribution in [2.45, 2.75) is 39.2 Å². The molecule has 0 atom stereocenters. The van der Waals surface area contributed by atoms with Gasteiger partial charge in [0.05, 0.1) is 5.75 Å². The van der Waals surface area contributed by atoms with Crippen molar-refractivity contribution in [1.82, 2.24) is 9.21 Å². The number of amides is 1. The molecular weight excluding hydrogens is 362 g/mol. The van der Waals surface area contributed by atoms with Crippen LogP contribution >= 0.6 is 0 Å². The summed E-state index contributed by atoms with van der Waals surface area (Å²) >= 11 is 0. The van der Waals surface area contributed by atoms with Crippen LogP contribution in [0, 0.1) is 17.0 Å². The number of sulfonamides is 1. The zero-order valence-electron chi connectivity index (χ0n) is 14.9. The number of piperidine rings is 1. The zero-order valence-corrected chi connectivity index (χ0v) is 15.7. The largest absolute Gasteiger partial charge is 0.338 e. The minimum atomic E-state index is -3.21. The molecule has 1 amide bonds. The Morgan fingerprint density at radius 3 is 2.31 bits per heavy atom. The Labute approximate surface area is 153 Å². The van der Waals surface area contributed by atoms with E-state index in [9.17, 15) is 22.0 Å². The van der Waals surface area contributed by atoms with Gasteiger partial charge < -0.3 is 4.90 Å². The van der Waals surface area contributed by atoms with E-state index in [2.05, 4.69) is 0 Å². The molecule has 26 heavy (non-hydrogen) atoms. The number of benzene rings is 1. The first-order valence-corrected chi connectivity index (χ1v) is 10.5. The highest BCUT2D eigenvalue weighted by molar-refractivity contribution is 7.89. The number of rotatable bonds is 5. The van der Waals surface area contributed by atoms with E-state index < -0.39 is 21.7 Å². The lowest BCUT2D eigenvalue weighted by Gasteiger charge is -2.38. The van der Waals surface area contributed by atoms with Gasteiger partial charge in [-0.1, -0.05) is 6.92 Å². The van der Waals surface area contributed by atoms with Crippen LogP contribution in [0.1, 0.15) is 38.2 Å². The molecule has 2 aliphatic rings. The van der Waals surface area contributed by atoms with E-state index in [4.69, 9.17) is 0 Å². The van der Waals surface area contributed by atoms with Crippen molar-refractivity contribution in [3.05, 3.63) is 35.4 Å². The lowest BCUT2D eigenvalue weighted by Crippen LogP contribution is -2.44. The predicted octanol–water partition coefficient (Wildman–Crippen LogP) is 2.52. The summed E-state index contributed by atoms with van der Waals surface area (Å²) in [6.45, 7) is 3.38. The van der Waals surface area contributed by atoms with Crippen molar-refractivity contribution >= 4 is 15.9 Å². The van der Waals surface area contributed by atoms with Crippen LogP contribution in [0.25, 0.3) is 0 Å². The Morgan fingerprint density at radius 2 is 1.73 bits per heavy atom. The summed E-state index contributed by atoms with van der Waals surface area (Å²) in [6, 6.07) is 3.28. The second-order valence-electron chi connectivity index (χ2n) is 7.42. The van der Waals surface area contributed by atoms with E-state index in [1.165, 1.54) is 16.4 Å². The average Bonchev–Trinajstić information content (AvgIpc) is 2.82. The molecule has 1 aromatic carbocycles. The van der Waals surface area contributed by atoms with Crippen molar-refractivity contribution < 1.29 is 22.0 Å². The van der Waals surface area contributed by atoms with Crippen LogP contribution in [0.3, 0.4) is 0 Å². The fourth-order valence-corrected chi connectivity index (χ4v) is 5.52. The molecule has 2 fully saturated rings. The molecular formula is C18H24F2N2O3S. The number of hydrogen-bond donors (Lipinski definition) is 0. The zero-order chi connectivity index (χ0) is 18.9. The van der Waals surface area contributed by atoms with Gasteiger partial charge in [-0.25, -0.2) is 21.5 Å². The number of halogens is 2.